The number of nitrogens with one attached hydrogen (secondary N) is 2. The van der Waals surface area contributed by atoms with Gasteiger partial charge in [0, 0.05) is 6.54 Å². The van der Waals surface area contributed by atoms with Crippen molar-refractivity contribution in [2.45, 2.75) is 13.0 Å². The Balaban J connectivity index is 1.67. The molecule has 0 fully saturated rings. The Morgan fingerprint density at radius 3 is 2.25 bits per heavy atom. The Labute approximate surface area is 136 Å². The average Bonchev–Trinajstić information content (AvgIpc) is 3.15. The summed E-state index contributed by atoms with van der Waals surface area (Å²) in [5.41, 5.74) is 10.2. The highest BCUT2D eigenvalue weighted by Crippen LogP contribution is 2.18. The average molecular weight is 321 g/mol. The maximum atomic E-state index is 11.0. The van der Waals surface area contributed by atoms with E-state index in [4.69, 9.17) is 10.8 Å². The highest BCUT2D eigenvalue weighted by Gasteiger charge is 2.10. The number of carboxylic acids is 1. The molecule has 0 spiro atoms. The molecule has 2 aromatic heterocycles. The van der Waals surface area contributed by atoms with Gasteiger partial charge in [0.25, 0.3) is 0 Å². The van der Waals surface area contributed by atoms with Crippen molar-refractivity contribution in [2.24, 2.45) is 5.73 Å². The quantitative estimate of drug-likeness (QED) is 0.459. The van der Waals surface area contributed by atoms with Crippen LogP contribution < -0.4 is 5.73 Å². The monoisotopic (exact) mass is 321 g/mol. The number of hydrogen-bond donors (Lipinski definition) is 4. The van der Waals surface area contributed by atoms with Crippen molar-refractivity contribution in [3.8, 4) is 0 Å². The summed E-state index contributed by atoms with van der Waals surface area (Å²) in [5.74, 6) is 0.553. The van der Waals surface area contributed by atoms with Crippen LogP contribution in [0, 0.1) is 0 Å². The minimum atomic E-state index is -0.963. The summed E-state index contributed by atoms with van der Waals surface area (Å²) < 4.78 is 0. The van der Waals surface area contributed by atoms with Crippen LogP contribution in [-0.4, -0.2) is 31.0 Å². The Morgan fingerprint density at radius 2 is 1.62 bits per heavy atom. The van der Waals surface area contributed by atoms with Crippen LogP contribution in [0.5, 0.6) is 0 Å². The molecule has 5 N–H and O–H groups in total. The van der Waals surface area contributed by atoms with Crippen molar-refractivity contribution in [3.05, 3.63) is 59.2 Å². The largest absolute Gasteiger partial charge is 0.478 e. The van der Waals surface area contributed by atoms with Gasteiger partial charge in [-0.15, -0.1) is 0 Å². The molecule has 24 heavy (non-hydrogen) atoms. The number of fused-ring (bicyclic) bond motifs is 2. The second-order valence-corrected chi connectivity index (χ2v) is 5.64. The van der Waals surface area contributed by atoms with Crippen LogP contribution in [0.2, 0.25) is 0 Å². The lowest BCUT2D eigenvalue weighted by atomic mass is 10.2. The van der Waals surface area contributed by atoms with Crippen LogP contribution in [0.15, 0.2) is 36.4 Å². The van der Waals surface area contributed by atoms with Gasteiger partial charge >= 0.3 is 5.97 Å². The first-order valence-electron chi connectivity index (χ1n) is 7.52. The molecule has 2 heterocycles. The third-order valence-electron chi connectivity index (χ3n) is 3.95. The summed E-state index contributed by atoms with van der Waals surface area (Å²) in [5, 5.41) is 9.05. The van der Waals surface area contributed by atoms with Crippen molar-refractivity contribution in [1.29, 1.82) is 0 Å². The van der Waals surface area contributed by atoms with Crippen molar-refractivity contribution in [1.82, 2.24) is 19.9 Å². The fourth-order valence-electron chi connectivity index (χ4n) is 2.75. The van der Waals surface area contributed by atoms with Crippen molar-refractivity contribution in [3.63, 3.8) is 0 Å². The fourth-order valence-corrected chi connectivity index (χ4v) is 2.75. The first kappa shape index (κ1) is 14.4. The summed E-state index contributed by atoms with van der Waals surface area (Å²) in [6.07, 6.45) is 0.504. The minimum absolute atomic E-state index is 0.221. The van der Waals surface area contributed by atoms with Crippen LogP contribution >= 0.6 is 0 Å². The number of nitrogens with two attached hydrogens (primary N) is 1. The zero-order valence-corrected chi connectivity index (χ0v) is 12.7. The van der Waals surface area contributed by atoms with E-state index in [0.717, 1.165) is 33.8 Å². The van der Waals surface area contributed by atoms with Crippen molar-refractivity contribution in [2.75, 3.05) is 0 Å². The number of imidazole rings is 2. The number of hydrogen-bond acceptors (Lipinski definition) is 4. The van der Waals surface area contributed by atoms with Crippen LogP contribution in [0.4, 0.5) is 0 Å². The summed E-state index contributed by atoms with van der Waals surface area (Å²) in [6, 6.07) is 10.7. The molecule has 0 unspecified atom stereocenters. The second kappa shape index (κ2) is 5.47. The van der Waals surface area contributed by atoms with Crippen LogP contribution in [-0.2, 0) is 13.0 Å². The normalized spacial score (nSPS) is 11.4. The van der Waals surface area contributed by atoms with E-state index in [0.29, 0.717) is 18.5 Å². The first-order chi connectivity index (χ1) is 11.6. The molecule has 7 nitrogen and oxygen atoms in total. The number of nitrogens with zero attached hydrogens (tertiary/aromatic N) is 2. The highest BCUT2D eigenvalue weighted by molar-refractivity contribution is 5.92. The van der Waals surface area contributed by atoms with E-state index >= 15 is 0 Å². The molecule has 0 bridgehead atoms. The maximum absolute atomic E-state index is 11.0. The SMILES string of the molecule is NCc1ccc2[nH]c(Cc3nc4cc(C(=O)O)ccc4[nH]3)nc2c1. The van der Waals surface area contributed by atoms with Gasteiger partial charge < -0.3 is 20.8 Å². The van der Waals surface area contributed by atoms with E-state index in [1.165, 1.54) is 0 Å². The molecule has 0 saturated carbocycles. The summed E-state index contributed by atoms with van der Waals surface area (Å²) >= 11 is 0. The zero-order chi connectivity index (χ0) is 16.7. The van der Waals surface area contributed by atoms with Gasteiger partial charge in [-0.3, -0.25) is 0 Å². The molecule has 7 heteroatoms. The molecule has 0 aliphatic rings. The first-order valence-corrected chi connectivity index (χ1v) is 7.52. The van der Waals surface area contributed by atoms with E-state index in [1.807, 2.05) is 18.2 Å². The van der Waals surface area contributed by atoms with E-state index in [9.17, 15) is 4.79 Å². The van der Waals surface area contributed by atoms with Gasteiger partial charge in [-0.1, -0.05) is 6.07 Å². The molecule has 0 atom stereocenters. The molecule has 0 radical (unpaired) electrons. The van der Waals surface area contributed by atoms with Gasteiger partial charge in [0.05, 0.1) is 34.1 Å². The third kappa shape index (κ3) is 2.50. The number of rotatable bonds is 4. The third-order valence-corrected chi connectivity index (χ3v) is 3.95. The molecule has 0 amide bonds. The molecule has 120 valence electrons. The van der Waals surface area contributed by atoms with E-state index < -0.39 is 5.97 Å². The standard InChI is InChI=1S/C17H15N5O2/c18-8-9-1-3-11-13(5-9)21-15(19-11)7-16-20-12-4-2-10(17(23)24)6-14(12)22-16/h1-6H,7-8,18H2,(H,19,21)(H,20,22)(H,23,24). The molecular formula is C17H15N5O2. The molecule has 4 aromatic rings. The maximum Gasteiger partial charge on any atom is 0.335 e. The predicted octanol–water partition coefficient (Wildman–Crippen LogP) is 2.19. The van der Waals surface area contributed by atoms with Crippen LogP contribution in [0.1, 0.15) is 27.6 Å². The van der Waals surface area contributed by atoms with E-state index in [1.54, 1.807) is 18.2 Å². The van der Waals surface area contributed by atoms with Crippen molar-refractivity contribution < 1.29 is 9.90 Å². The lowest BCUT2D eigenvalue weighted by molar-refractivity contribution is 0.0697. The van der Waals surface area contributed by atoms with Gasteiger partial charge in [0.1, 0.15) is 11.6 Å². The molecule has 0 saturated heterocycles. The molecule has 0 aliphatic heterocycles. The Bertz CT molecular complexity index is 1060. The molecular weight excluding hydrogens is 306 g/mol. The fraction of sp³-hybridized carbons (Fsp3) is 0.118. The lowest BCUT2D eigenvalue weighted by Crippen LogP contribution is -1.95. The number of aromatic nitrogens is 4. The van der Waals surface area contributed by atoms with Gasteiger partial charge in [0.15, 0.2) is 0 Å². The summed E-state index contributed by atoms with van der Waals surface area (Å²) in [6.45, 7) is 0.480. The minimum Gasteiger partial charge on any atom is -0.478 e. The Kier molecular flexibility index (Phi) is 3.28. The zero-order valence-electron chi connectivity index (χ0n) is 12.7. The number of carbonyl (C=O) groups is 1. The molecule has 0 aliphatic carbocycles. The Hall–Kier alpha value is -3.19. The number of H-pyrrole nitrogens is 2. The van der Waals surface area contributed by atoms with Crippen LogP contribution in [0.25, 0.3) is 22.1 Å². The van der Waals surface area contributed by atoms with Crippen molar-refractivity contribution >= 4 is 28.0 Å². The summed E-state index contributed by atoms with van der Waals surface area (Å²) in [4.78, 5) is 26.5. The second-order valence-electron chi connectivity index (χ2n) is 5.64. The topological polar surface area (TPSA) is 121 Å². The lowest BCUT2D eigenvalue weighted by Gasteiger charge is -1.93. The highest BCUT2D eigenvalue weighted by atomic mass is 16.4. The van der Waals surface area contributed by atoms with Crippen LogP contribution in [0.3, 0.4) is 0 Å². The predicted molar refractivity (Wildman–Crippen MR) is 89.8 cm³/mol. The van der Waals surface area contributed by atoms with E-state index in [2.05, 4.69) is 19.9 Å². The van der Waals surface area contributed by atoms with Gasteiger partial charge in [-0.2, -0.15) is 0 Å². The van der Waals surface area contributed by atoms with Gasteiger partial charge in [-0.05, 0) is 35.9 Å². The molecule has 4 rings (SSSR count). The summed E-state index contributed by atoms with van der Waals surface area (Å²) in [7, 11) is 0. The smallest absolute Gasteiger partial charge is 0.335 e. The number of aromatic amines is 2. The van der Waals surface area contributed by atoms with Gasteiger partial charge in [0.2, 0.25) is 0 Å². The van der Waals surface area contributed by atoms with E-state index in [-0.39, 0.29) is 5.56 Å². The van der Waals surface area contributed by atoms with Gasteiger partial charge in [-0.25, -0.2) is 14.8 Å². The Morgan fingerprint density at radius 1 is 1.00 bits per heavy atom. The molecule has 2 aromatic carbocycles. The number of benzene rings is 2. The number of carboxylic acid groups (broad SMARTS) is 1. The number of aromatic carboxylic acids is 1.